The highest BCUT2D eigenvalue weighted by Crippen LogP contribution is 2.28. The van der Waals surface area contributed by atoms with Gasteiger partial charge in [0, 0.05) is 11.3 Å². The van der Waals surface area contributed by atoms with E-state index in [1.807, 2.05) is 31.2 Å². The van der Waals surface area contributed by atoms with Crippen molar-refractivity contribution < 1.29 is 23.9 Å². The number of carbonyl (C=O) groups is 3. The largest absolute Gasteiger partial charge is 0.493 e. The average Bonchev–Trinajstić information content (AvgIpc) is 2.82. The van der Waals surface area contributed by atoms with E-state index in [0.29, 0.717) is 29.4 Å². The zero-order valence-corrected chi connectivity index (χ0v) is 20.2. The number of hydrogen-bond acceptors (Lipinski definition) is 6. The minimum absolute atomic E-state index is 0.104. The zero-order valence-electron chi connectivity index (χ0n) is 19.4. The van der Waals surface area contributed by atoms with Gasteiger partial charge in [-0.05, 0) is 50.6 Å². The number of nitrogens with one attached hydrogen (secondary N) is 3. The summed E-state index contributed by atoms with van der Waals surface area (Å²) in [7, 11) is 1.50. The average molecular weight is 474 g/mol. The lowest BCUT2D eigenvalue weighted by Crippen LogP contribution is -2.45. The molecule has 0 fully saturated rings. The maximum atomic E-state index is 12.4. The van der Waals surface area contributed by atoms with Crippen LogP contribution in [0.15, 0.2) is 42.5 Å². The molecular weight excluding hydrogens is 442 g/mol. The van der Waals surface area contributed by atoms with Crippen molar-refractivity contribution in [2.24, 2.45) is 0 Å². The molecule has 0 radical (unpaired) electrons. The van der Waals surface area contributed by atoms with Crippen molar-refractivity contribution in [1.29, 1.82) is 0 Å². The van der Waals surface area contributed by atoms with Crippen LogP contribution in [-0.4, -0.2) is 42.4 Å². The first-order valence-electron chi connectivity index (χ1n) is 10.7. The van der Waals surface area contributed by atoms with Crippen LogP contribution in [0.5, 0.6) is 11.5 Å². The monoisotopic (exact) mass is 473 g/mol. The Hall–Kier alpha value is -3.20. The lowest BCUT2D eigenvalue weighted by atomic mass is 10.2. The molecule has 3 N–H and O–H groups in total. The summed E-state index contributed by atoms with van der Waals surface area (Å²) < 4.78 is 11.0. The Morgan fingerprint density at radius 1 is 1.03 bits per heavy atom. The second-order valence-corrected chi connectivity index (χ2v) is 8.71. The number of hydrazine groups is 1. The molecule has 2 aromatic rings. The third kappa shape index (κ3) is 8.69. The van der Waals surface area contributed by atoms with Crippen LogP contribution in [0.1, 0.15) is 42.6 Å². The van der Waals surface area contributed by atoms with Gasteiger partial charge >= 0.3 is 0 Å². The summed E-state index contributed by atoms with van der Waals surface area (Å²) in [5.41, 5.74) is 6.89. The van der Waals surface area contributed by atoms with Crippen LogP contribution in [0.2, 0.25) is 0 Å². The highest BCUT2D eigenvalue weighted by atomic mass is 32.2. The molecule has 0 unspecified atom stereocenters. The van der Waals surface area contributed by atoms with Crippen molar-refractivity contribution in [3.63, 3.8) is 0 Å². The third-order valence-electron chi connectivity index (χ3n) is 4.65. The van der Waals surface area contributed by atoms with Crippen molar-refractivity contribution in [3.05, 3.63) is 53.6 Å². The van der Waals surface area contributed by atoms with Gasteiger partial charge in [-0.25, -0.2) is 0 Å². The number of thioether (sulfide) groups is 1. The Kier molecular flexibility index (Phi) is 10.6. The summed E-state index contributed by atoms with van der Waals surface area (Å²) in [5, 5.41) is 2.24. The van der Waals surface area contributed by atoms with Gasteiger partial charge in [-0.15, -0.1) is 11.8 Å². The molecule has 2 aromatic carbocycles. The fraction of sp³-hybridized carbons (Fsp3) is 0.375. The first-order chi connectivity index (χ1) is 15.8. The zero-order chi connectivity index (χ0) is 24.2. The number of rotatable bonds is 11. The van der Waals surface area contributed by atoms with Crippen LogP contribution in [0.3, 0.4) is 0 Å². The summed E-state index contributed by atoms with van der Waals surface area (Å²) in [4.78, 5) is 36.8. The Morgan fingerprint density at radius 2 is 1.76 bits per heavy atom. The molecule has 9 heteroatoms. The quantitative estimate of drug-likeness (QED) is 0.339. The Balaban J connectivity index is 1.79. The van der Waals surface area contributed by atoms with Crippen molar-refractivity contribution >= 4 is 35.2 Å². The molecule has 0 aliphatic carbocycles. The molecule has 0 aromatic heterocycles. The Bertz CT molecular complexity index is 950. The minimum Gasteiger partial charge on any atom is -0.493 e. The van der Waals surface area contributed by atoms with Crippen molar-refractivity contribution in [2.75, 3.05) is 24.8 Å². The summed E-state index contributed by atoms with van der Waals surface area (Å²) in [6.45, 7) is 6.26. The summed E-state index contributed by atoms with van der Waals surface area (Å²) >= 11 is 1.17. The van der Waals surface area contributed by atoms with E-state index < -0.39 is 17.1 Å². The van der Waals surface area contributed by atoms with Crippen molar-refractivity contribution in [1.82, 2.24) is 10.9 Å². The van der Waals surface area contributed by atoms with Gasteiger partial charge in [-0.1, -0.05) is 31.0 Å². The number of aryl methyl sites for hydroxylation is 1. The van der Waals surface area contributed by atoms with E-state index in [2.05, 4.69) is 23.1 Å². The second-order valence-electron chi connectivity index (χ2n) is 7.38. The molecule has 0 aliphatic heterocycles. The van der Waals surface area contributed by atoms with Gasteiger partial charge in [0.2, 0.25) is 5.91 Å². The Morgan fingerprint density at radius 3 is 2.42 bits per heavy atom. The van der Waals surface area contributed by atoms with Gasteiger partial charge < -0.3 is 14.8 Å². The normalized spacial score (nSPS) is 11.3. The maximum absolute atomic E-state index is 12.4. The topological polar surface area (TPSA) is 106 Å². The molecular formula is C24H31N3O5S. The number of unbranched alkanes of at least 4 members (excludes halogenated alkanes) is 1. The smallest absolute Gasteiger partial charge is 0.269 e. The molecule has 0 spiro atoms. The molecule has 2 rings (SSSR count). The summed E-state index contributed by atoms with van der Waals surface area (Å²) in [6, 6.07) is 12.3. The first-order valence-corrected chi connectivity index (χ1v) is 11.8. The van der Waals surface area contributed by atoms with E-state index in [-0.39, 0.29) is 11.7 Å². The predicted octanol–water partition coefficient (Wildman–Crippen LogP) is 3.70. The molecule has 8 nitrogen and oxygen atoms in total. The first kappa shape index (κ1) is 26.1. The van der Waals surface area contributed by atoms with Crippen molar-refractivity contribution in [2.45, 2.75) is 38.9 Å². The van der Waals surface area contributed by atoms with Gasteiger partial charge in [-0.2, -0.15) is 0 Å². The lowest BCUT2D eigenvalue weighted by Gasteiger charge is -2.14. The molecule has 0 bridgehead atoms. The second kappa shape index (κ2) is 13.4. The van der Waals surface area contributed by atoms with E-state index in [1.54, 1.807) is 25.1 Å². The van der Waals surface area contributed by atoms with Gasteiger partial charge in [0.25, 0.3) is 11.8 Å². The fourth-order valence-electron chi connectivity index (χ4n) is 2.66. The number of anilines is 1. The summed E-state index contributed by atoms with van der Waals surface area (Å²) in [6.07, 6.45) is 1.93. The molecule has 178 valence electrons. The van der Waals surface area contributed by atoms with Crippen LogP contribution in [0.25, 0.3) is 0 Å². The molecule has 0 saturated carbocycles. The molecule has 0 saturated heterocycles. The van der Waals surface area contributed by atoms with Crippen LogP contribution < -0.4 is 25.6 Å². The number of benzene rings is 2. The number of hydrogen-bond donors (Lipinski definition) is 3. The predicted molar refractivity (Wildman–Crippen MR) is 131 cm³/mol. The van der Waals surface area contributed by atoms with Gasteiger partial charge in [-0.3, -0.25) is 25.2 Å². The third-order valence-corrected chi connectivity index (χ3v) is 5.79. The van der Waals surface area contributed by atoms with Crippen LogP contribution in [0.4, 0.5) is 5.69 Å². The molecule has 0 aliphatic rings. The number of ether oxygens (including phenoxy) is 2. The van der Waals surface area contributed by atoms with E-state index in [9.17, 15) is 14.4 Å². The van der Waals surface area contributed by atoms with E-state index in [4.69, 9.17) is 9.47 Å². The van der Waals surface area contributed by atoms with Crippen molar-refractivity contribution in [3.8, 4) is 11.5 Å². The molecule has 33 heavy (non-hydrogen) atoms. The van der Waals surface area contributed by atoms with Gasteiger partial charge in [0.1, 0.15) is 0 Å². The fourth-order valence-corrected chi connectivity index (χ4v) is 3.34. The Labute approximate surface area is 198 Å². The SMILES string of the molecule is CCCCOc1ccc(C(=O)NNC(=O)[C@@H](C)SCC(=O)Nc2ccc(C)cc2)cc1OC. The van der Waals surface area contributed by atoms with E-state index in [0.717, 1.165) is 18.4 Å². The standard InChI is InChI=1S/C24H31N3O5S/c1-5-6-13-32-20-12-9-18(14-21(20)31-4)24(30)27-26-23(29)17(3)33-15-22(28)25-19-10-7-16(2)8-11-19/h7-12,14,17H,5-6,13,15H2,1-4H3,(H,25,28)(H,26,29)(H,27,30)/t17-/m1/s1. The summed E-state index contributed by atoms with van der Waals surface area (Å²) in [5.74, 6) is -0.0124. The maximum Gasteiger partial charge on any atom is 0.269 e. The van der Waals surface area contributed by atoms with Crippen LogP contribution >= 0.6 is 11.8 Å². The van der Waals surface area contributed by atoms with Gasteiger partial charge in [0.15, 0.2) is 11.5 Å². The highest BCUT2D eigenvalue weighted by Gasteiger charge is 2.17. The lowest BCUT2D eigenvalue weighted by molar-refractivity contribution is -0.121. The number of amides is 3. The molecule has 0 heterocycles. The van der Waals surface area contributed by atoms with Crippen LogP contribution in [0, 0.1) is 6.92 Å². The number of carbonyl (C=O) groups excluding carboxylic acids is 3. The van der Waals surface area contributed by atoms with Gasteiger partial charge in [0.05, 0.1) is 24.7 Å². The van der Waals surface area contributed by atoms with E-state index >= 15 is 0 Å². The minimum atomic E-state index is -0.544. The van der Waals surface area contributed by atoms with Crippen LogP contribution in [-0.2, 0) is 9.59 Å². The highest BCUT2D eigenvalue weighted by molar-refractivity contribution is 8.01. The molecule has 3 amide bonds. The molecule has 1 atom stereocenters. The van der Waals surface area contributed by atoms with E-state index in [1.165, 1.54) is 18.9 Å². The number of methoxy groups -OCH3 is 1.